The minimum Gasteiger partial charge on any atom is -0.393 e. The smallest absolute Gasteiger partial charge is 0.242 e. The van der Waals surface area contributed by atoms with Crippen LogP contribution in [0, 0.1) is 0 Å². The van der Waals surface area contributed by atoms with Gasteiger partial charge >= 0.3 is 0 Å². The van der Waals surface area contributed by atoms with Crippen molar-refractivity contribution in [2.75, 3.05) is 13.2 Å². The highest BCUT2D eigenvalue weighted by molar-refractivity contribution is 7.89. The van der Waals surface area contributed by atoms with Crippen molar-refractivity contribution >= 4 is 32.8 Å². The SMILES string of the molecule is CC(O)(CO)CNS(=O)(=O)c1cccc2nsnc12. The van der Waals surface area contributed by atoms with E-state index in [4.69, 9.17) is 5.11 Å². The van der Waals surface area contributed by atoms with E-state index in [9.17, 15) is 13.5 Å². The molecule has 2 rings (SSSR count). The number of aliphatic hydroxyl groups is 2. The van der Waals surface area contributed by atoms with Crippen molar-refractivity contribution in [2.45, 2.75) is 17.4 Å². The van der Waals surface area contributed by atoms with Crippen LogP contribution < -0.4 is 4.72 Å². The van der Waals surface area contributed by atoms with Gasteiger partial charge in [-0.1, -0.05) is 6.07 Å². The first-order valence-corrected chi connectivity index (χ1v) is 7.61. The van der Waals surface area contributed by atoms with Gasteiger partial charge in [0.15, 0.2) is 0 Å². The number of aliphatic hydroxyl groups excluding tert-OH is 1. The molecule has 0 aliphatic rings. The predicted molar refractivity (Wildman–Crippen MR) is 70.3 cm³/mol. The van der Waals surface area contributed by atoms with E-state index in [1.165, 1.54) is 13.0 Å². The van der Waals surface area contributed by atoms with Gasteiger partial charge in [-0.15, -0.1) is 0 Å². The number of hydrogen-bond donors (Lipinski definition) is 3. The fraction of sp³-hybridized carbons (Fsp3) is 0.400. The van der Waals surface area contributed by atoms with Crippen LogP contribution in [0.3, 0.4) is 0 Å². The molecule has 9 heteroatoms. The fourth-order valence-corrected chi connectivity index (χ4v) is 3.31. The van der Waals surface area contributed by atoms with Crippen LogP contribution in [0.5, 0.6) is 0 Å². The van der Waals surface area contributed by atoms with E-state index in [0.29, 0.717) is 11.0 Å². The Morgan fingerprint density at radius 1 is 1.42 bits per heavy atom. The number of rotatable bonds is 5. The minimum atomic E-state index is -3.82. The highest BCUT2D eigenvalue weighted by atomic mass is 32.2. The number of benzene rings is 1. The maximum Gasteiger partial charge on any atom is 0.242 e. The van der Waals surface area contributed by atoms with Crippen molar-refractivity contribution in [3.05, 3.63) is 18.2 Å². The van der Waals surface area contributed by atoms with Crippen molar-refractivity contribution in [1.82, 2.24) is 13.5 Å². The maximum absolute atomic E-state index is 12.1. The zero-order chi connectivity index (χ0) is 14.1. The number of sulfonamides is 1. The molecule has 3 N–H and O–H groups in total. The van der Waals surface area contributed by atoms with Crippen molar-refractivity contribution in [3.63, 3.8) is 0 Å². The quantitative estimate of drug-likeness (QED) is 0.700. The Balaban J connectivity index is 2.32. The Labute approximate surface area is 114 Å². The standard InChI is InChI=1S/C10H13N3O4S2/c1-10(15,6-14)5-11-19(16,17)8-4-2-3-7-9(8)13-18-12-7/h2-4,11,14-15H,5-6H2,1H3. The molecule has 2 aromatic rings. The van der Waals surface area contributed by atoms with Crippen LogP contribution >= 0.6 is 11.7 Å². The molecule has 0 aliphatic heterocycles. The summed E-state index contributed by atoms with van der Waals surface area (Å²) in [6.07, 6.45) is 0. The molecule has 0 amide bonds. The zero-order valence-electron chi connectivity index (χ0n) is 10.1. The van der Waals surface area contributed by atoms with Gasteiger partial charge in [-0.05, 0) is 19.1 Å². The van der Waals surface area contributed by atoms with Crippen LogP contribution in [-0.4, -0.2) is 46.1 Å². The summed E-state index contributed by atoms with van der Waals surface area (Å²) in [6, 6.07) is 4.66. The molecule has 7 nitrogen and oxygen atoms in total. The van der Waals surface area contributed by atoms with Gasteiger partial charge in [0.1, 0.15) is 15.9 Å². The molecular weight excluding hydrogens is 290 g/mol. The van der Waals surface area contributed by atoms with E-state index in [-0.39, 0.29) is 11.4 Å². The van der Waals surface area contributed by atoms with Gasteiger partial charge in [0.25, 0.3) is 0 Å². The van der Waals surface area contributed by atoms with Crippen LogP contribution in [0.2, 0.25) is 0 Å². The normalized spacial score (nSPS) is 15.5. The molecule has 0 bridgehead atoms. The average Bonchev–Trinajstić information content (AvgIpc) is 2.84. The molecular formula is C10H13N3O4S2. The lowest BCUT2D eigenvalue weighted by atomic mass is 10.1. The van der Waals surface area contributed by atoms with E-state index in [1.807, 2.05) is 0 Å². The Hall–Kier alpha value is -1.13. The lowest BCUT2D eigenvalue weighted by Crippen LogP contribution is -2.43. The number of nitrogens with zero attached hydrogens (tertiary/aromatic N) is 2. The summed E-state index contributed by atoms with van der Waals surface area (Å²) in [5.74, 6) is 0. The van der Waals surface area contributed by atoms with Crippen molar-refractivity contribution < 1.29 is 18.6 Å². The van der Waals surface area contributed by atoms with Crippen molar-refractivity contribution in [1.29, 1.82) is 0 Å². The predicted octanol–water partition coefficient (Wildman–Crippen LogP) is -0.287. The molecule has 0 fully saturated rings. The highest BCUT2D eigenvalue weighted by Crippen LogP contribution is 2.21. The van der Waals surface area contributed by atoms with Gasteiger partial charge in [0.2, 0.25) is 10.0 Å². The summed E-state index contributed by atoms with van der Waals surface area (Å²) < 4.78 is 34.4. The number of hydrogen-bond acceptors (Lipinski definition) is 7. The van der Waals surface area contributed by atoms with Crippen molar-refractivity contribution in [3.8, 4) is 0 Å². The van der Waals surface area contributed by atoms with E-state index in [0.717, 1.165) is 11.7 Å². The van der Waals surface area contributed by atoms with Crippen LogP contribution in [0.15, 0.2) is 23.1 Å². The molecule has 0 radical (unpaired) electrons. The average molecular weight is 303 g/mol. The summed E-state index contributed by atoms with van der Waals surface area (Å²) in [5, 5.41) is 18.5. The van der Waals surface area contributed by atoms with E-state index >= 15 is 0 Å². The summed E-state index contributed by atoms with van der Waals surface area (Å²) >= 11 is 0.930. The molecule has 1 aromatic heterocycles. The first-order chi connectivity index (χ1) is 8.86. The van der Waals surface area contributed by atoms with Crippen LogP contribution in [0.25, 0.3) is 11.0 Å². The third kappa shape index (κ3) is 3.07. The Kier molecular flexibility index (Phi) is 3.83. The Morgan fingerprint density at radius 2 is 2.16 bits per heavy atom. The number of nitrogens with one attached hydrogen (secondary N) is 1. The second-order valence-electron chi connectivity index (χ2n) is 4.37. The Bertz CT molecular complexity index is 681. The first kappa shape index (κ1) is 14.3. The number of aromatic nitrogens is 2. The maximum atomic E-state index is 12.1. The van der Waals surface area contributed by atoms with Gasteiger partial charge in [0, 0.05) is 6.54 Å². The number of fused-ring (bicyclic) bond motifs is 1. The lowest BCUT2D eigenvalue weighted by molar-refractivity contribution is 0.00681. The summed E-state index contributed by atoms with van der Waals surface area (Å²) in [6.45, 7) is 0.498. The fourth-order valence-electron chi connectivity index (χ4n) is 1.38. The molecule has 0 aliphatic carbocycles. The molecule has 1 heterocycles. The summed E-state index contributed by atoms with van der Waals surface area (Å²) in [5.41, 5.74) is -0.716. The van der Waals surface area contributed by atoms with Gasteiger partial charge in [-0.2, -0.15) is 8.75 Å². The molecule has 1 aromatic carbocycles. The van der Waals surface area contributed by atoms with Crippen LogP contribution in [0.1, 0.15) is 6.92 Å². The van der Waals surface area contributed by atoms with Crippen molar-refractivity contribution in [2.24, 2.45) is 0 Å². The topological polar surface area (TPSA) is 112 Å². The van der Waals surface area contributed by atoms with E-state index < -0.39 is 22.2 Å². The second kappa shape index (κ2) is 5.10. The van der Waals surface area contributed by atoms with Gasteiger partial charge in [-0.25, -0.2) is 13.1 Å². The molecule has 1 unspecified atom stereocenters. The second-order valence-corrected chi connectivity index (χ2v) is 6.63. The molecule has 0 spiro atoms. The van der Waals surface area contributed by atoms with Crippen LogP contribution in [-0.2, 0) is 10.0 Å². The monoisotopic (exact) mass is 303 g/mol. The van der Waals surface area contributed by atoms with Crippen LogP contribution in [0.4, 0.5) is 0 Å². The Morgan fingerprint density at radius 3 is 2.84 bits per heavy atom. The third-order valence-corrected chi connectivity index (χ3v) is 4.50. The largest absolute Gasteiger partial charge is 0.393 e. The van der Waals surface area contributed by atoms with E-state index in [1.54, 1.807) is 12.1 Å². The molecule has 0 saturated carbocycles. The highest BCUT2D eigenvalue weighted by Gasteiger charge is 2.25. The molecule has 104 valence electrons. The summed E-state index contributed by atoms with van der Waals surface area (Å²) in [4.78, 5) is 0.00693. The lowest BCUT2D eigenvalue weighted by Gasteiger charge is -2.20. The van der Waals surface area contributed by atoms with Gasteiger partial charge in [-0.3, -0.25) is 0 Å². The molecule has 1 atom stereocenters. The molecule has 19 heavy (non-hydrogen) atoms. The van der Waals surface area contributed by atoms with Gasteiger partial charge < -0.3 is 10.2 Å². The van der Waals surface area contributed by atoms with E-state index in [2.05, 4.69) is 13.5 Å². The minimum absolute atomic E-state index is 0.00693. The third-order valence-electron chi connectivity index (χ3n) is 2.52. The van der Waals surface area contributed by atoms with Gasteiger partial charge in [0.05, 0.1) is 23.9 Å². The zero-order valence-corrected chi connectivity index (χ0v) is 11.7. The summed E-state index contributed by atoms with van der Waals surface area (Å²) in [7, 11) is -3.82. The first-order valence-electron chi connectivity index (χ1n) is 5.40. The molecule has 0 saturated heterocycles.